The molecule has 0 fully saturated rings. The van der Waals surface area contributed by atoms with Gasteiger partial charge in [-0.3, -0.25) is 9.59 Å². The summed E-state index contributed by atoms with van der Waals surface area (Å²) in [4.78, 5) is 39.7. The van der Waals surface area contributed by atoms with Gasteiger partial charge < -0.3 is 15.0 Å². The number of nitrogens with zero attached hydrogens (tertiary/aromatic N) is 1. The Morgan fingerprint density at radius 3 is 2.30 bits per heavy atom. The fourth-order valence-electron chi connectivity index (χ4n) is 2.24. The maximum absolute atomic E-state index is 12.6. The van der Waals surface area contributed by atoms with Crippen molar-refractivity contribution in [1.29, 1.82) is 0 Å². The van der Waals surface area contributed by atoms with Gasteiger partial charge in [-0.05, 0) is 33.3 Å². The van der Waals surface area contributed by atoms with Gasteiger partial charge in [0, 0.05) is 23.4 Å². The third kappa shape index (κ3) is 6.20. The second-order valence-corrected chi connectivity index (χ2v) is 8.86. The van der Waals surface area contributed by atoms with Crippen molar-refractivity contribution in [1.82, 2.24) is 4.90 Å². The molecule has 0 radical (unpaired) electrons. The number of hydrogen-bond donors (Lipinski definition) is 1. The van der Waals surface area contributed by atoms with Crippen LogP contribution in [0, 0.1) is 19.3 Å². The number of hydrogen-bond acceptors (Lipinski definition) is 5. The maximum atomic E-state index is 12.6. The molecule has 27 heavy (non-hydrogen) atoms. The Balaban J connectivity index is 2.93. The lowest BCUT2D eigenvalue weighted by atomic mass is 9.96. The number of nitrogens with one attached hydrogen (secondary N) is 1. The number of carbonyl (C=O) groups excluding carboxylic acids is 3. The van der Waals surface area contributed by atoms with Crippen molar-refractivity contribution in [2.24, 2.45) is 5.41 Å². The van der Waals surface area contributed by atoms with Crippen molar-refractivity contribution < 1.29 is 19.1 Å². The topological polar surface area (TPSA) is 75.7 Å². The molecular weight excluding hydrogens is 364 g/mol. The molecule has 0 atom stereocenters. The molecule has 6 nitrogen and oxygen atoms in total. The van der Waals surface area contributed by atoms with Gasteiger partial charge in [-0.2, -0.15) is 0 Å². The van der Waals surface area contributed by atoms with Crippen LogP contribution >= 0.6 is 11.3 Å². The molecule has 0 saturated carbocycles. The fourth-order valence-corrected chi connectivity index (χ4v) is 3.29. The summed E-state index contributed by atoms with van der Waals surface area (Å²) in [5.41, 5.74) is 1.32. The molecule has 0 spiro atoms. The van der Waals surface area contributed by atoms with Crippen LogP contribution in [0.5, 0.6) is 0 Å². The summed E-state index contributed by atoms with van der Waals surface area (Å²) in [6, 6.07) is 0. The lowest BCUT2D eigenvalue weighted by Gasteiger charge is -2.21. The van der Waals surface area contributed by atoms with Crippen molar-refractivity contribution in [3.05, 3.63) is 28.2 Å². The average Bonchev–Trinajstić information content (AvgIpc) is 2.83. The van der Waals surface area contributed by atoms with Crippen molar-refractivity contribution in [2.75, 3.05) is 25.0 Å². The van der Waals surface area contributed by atoms with Gasteiger partial charge in [0.1, 0.15) is 5.00 Å². The highest BCUT2D eigenvalue weighted by atomic mass is 32.1. The minimum Gasteiger partial charge on any atom is -0.452 e. The molecule has 0 aliphatic carbocycles. The fraction of sp³-hybridized carbons (Fsp3) is 0.550. The second kappa shape index (κ2) is 9.17. The number of aryl methyl sites for hydroxylation is 1. The third-order valence-electron chi connectivity index (χ3n) is 4.02. The van der Waals surface area contributed by atoms with E-state index < -0.39 is 11.4 Å². The number of anilines is 1. The summed E-state index contributed by atoms with van der Waals surface area (Å²) in [6.45, 7) is 17.2. The van der Waals surface area contributed by atoms with E-state index in [2.05, 4.69) is 11.9 Å². The molecule has 1 aromatic heterocycles. The maximum Gasteiger partial charge on any atom is 0.341 e. The summed E-state index contributed by atoms with van der Waals surface area (Å²) < 4.78 is 5.25. The number of esters is 1. The summed E-state index contributed by atoms with van der Waals surface area (Å²) in [7, 11) is 0. The van der Waals surface area contributed by atoms with Gasteiger partial charge in [0.25, 0.3) is 5.91 Å². The zero-order chi connectivity index (χ0) is 20.9. The van der Waals surface area contributed by atoms with E-state index in [9.17, 15) is 14.4 Å². The normalized spacial score (nSPS) is 11.1. The highest BCUT2D eigenvalue weighted by molar-refractivity contribution is 7.16. The molecule has 150 valence electrons. The van der Waals surface area contributed by atoms with Gasteiger partial charge in [0.15, 0.2) is 6.61 Å². The predicted octanol–water partition coefficient (Wildman–Crippen LogP) is 3.93. The van der Waals surface area contributed by atoms with Crippen LogP contribution in [0.1, 0.15) is 55.4 Å². The summed E-state index contributed by atoms with van der Waals surface area (Å²) in [6.07, 6.45) is 0. The van der Waals surface area contributed by atoms with Crippen LogP contribution in [0.25, 0.3) is 0 Å². The van der Waals surface area contributed by atoms with E-state index in [1.165, 1.54) is 11.3 Å². The lowest BCUT2D eigenvalue weighted by Crippen LogP contribution is -2.35. The molecule has 1 aromatic rings. The first-order chi connectivity index (χ1) is 12.4. The largest absolute Gasteiger partial charge is 0.452 e. The van der Waals surface area contributed by atoms with Gasteiger partial charge in [0.2, 0.25) is 5.91 Å². The molecule has 0 aliphatic heterocycles. The van der Waals surface area contributed by atoms with Crippen LogP contribution in [0.2, 0.25) is 0 Å². The van der Waals surface area contributed by atoms with Crippen LogP contribution < -0.4 is 5.32 Å². The summed E-state index contributed by atoms with van der Waals surface area (Å²) in [5.74, 6) is -1.08. The number of ether oxygens (including phenoxy) is 1. The Kier molecular flexibility index (Phi) is 7.77. The summed E-state index contributed by atoms with van der Waals surface area (Å²) >= 11 is 1.33. The van der Waals surface area contributed by atoms with Gasteiger partial charge in [-0.15, -0.1) is 11.3 Å². The minimum absolute atomic E-state index is 0.188. The number of thiophene rings is 1. The first kappa shape index (κ1) is 22.9. The standard InChI is InChI=1S/C20H30N2O4S/c1-9-22(10-12(2)3)15(23)11-26-18(24)16-13(4)14(5)27-17(16)21-19(25)20(6,7)8/h2,9-11H2,1,3-8H3,(H,21,25). The highest BCUT2D eigenvalue weighted by Gasteiger charge is 2.27. The smallest absolute Gasteiger partial charge is 0.341 e. The number of likely N-dealkylation sites (N-methyl/N-ethyl adjacent to an activating group) is 1. The molecular formula is C20H30N2O4S. The monoisotopic (exact) mass is 394 g/mol. The zero-order valence-electron chi connectivity index (χ0n) is 17.3. The highest BCUT2D eigenvalue weighted by Crippen LogP contribution is 2.34. The number of carbonyl (C=O) groups is 3. The quantitative estimate of drug-likeness (QED) is 0.562. The van der Waals surface area contributed by atoms with Crippen LogP contribution in [0.15, 0.2) is 12.2 Å². The van der Waals surface area contributed by atoms with Gasteiger partial charge in [-0.25, -0.2) is 4.79 Å². The molecule has 2 amide bonds. The van der Waals surface area contributed by atoms with Crippen molar-refractivity contribution in [2.45, 2.75) is 48.5 Å². The average molecular weight is 395 g/mol. The van der Waals surface area contributed by atoms with E-state index >= 15 is 0 Å². The van der Waals surface area contributed by atoms with Crippen LogP contribution in [0.4, 0.5) is 5.00 Å². The Morgan fingerprint density at radius 1 is 1.22 bits per heavy atom. The van der Waals surface area contributed by atoms with E-state index in [1.807, 2.05) is 20.8 Å². The first-order valence-electron chi connectivity index (χ1n) is 8.89. The van der Waals surface area contributed by atoms with Crippen LogP contribution in [-0.4, -0.2) is 42.4 Å². The Hall–Kier alpha value is -2.15. The van der Waals surface area contributed by atoms with Crippen molar-refractivity contribution >= 4 is 34.1 Å². The van der Waals surface area contributed by atoms with E-state index in [-0.39, 0.29) is 18.4 Å². The van der Waals surface area contributed by atoms with E-state index in [0.29, 0.717) is 23.7 Å². The van der Waals surface area contributed by atoms with E-state index in [0.717, 1.165) is 16.0 Å². The molecule has 0 aromatic carbocycles. The lowest BCUT2D eigenvalue weighted by molar-refractivity contribution is -0.134. The molecule has 0 unspecified atom stereocenters. The van der Waals surface area contributed by atoms with Gasteiger partial charge >= 0.3 is 5.97 Å². The molecule has 0 aliphatic rings. The predicted molar refractivity (Wildman–Crippen MR) is 109 cm³/mol. The molecule has 7 heteroatoms. The van der Waals surface area contributed by atoms with Crippen LogP contribution in [0.3, 0.4) is 0 Å². The second-order valence-electron chi connectivity index (χ2n) is 7.63. The molecule has 1 heterocycles. The molecule has 0 bridgehead atoms. The Bertz CT molecular complexity index is 744. The molecule has 1 N–H and O–H groups in total. The van der Waals surface area contributed by atoms with Crippen molar-refractivity contribution in [3.8, 4) is 0 Å². The van der Waals surface area contributed by atoms with Gasteiger partial charge in [0.05, 0.1) is 5.56 Å². The van der Waals surface area contributed by atoms with E-state index in [1.54, 1.807) is 32.6 Å². The minimum atomic E-state index is -0.610. The first-order valence-corrected chi connectivity index (χ1v) is 9.70. The van der Waals surface area contributed by atoms with Crippen LogP contribution in [-0.2, 0) is 14.3 Å². The third-order valence-corrected chi connectivity index (χ3v) is 5.14. The molecule has 1 rings (SSSR count). The number of amides is 2. The Labute approximate surface area is 165 Å². The Morgan fingerprint density at radius 2 is 1.81 bits per heavy atom. The summed E-state index contributed by atoms with van der Waals surface area (Å²) in [5, 5.41) is 3.27. The van der Waals surface area contributed by atoms with Crippen molar-refractivity contribution in [3.63, 3.8) is 0 Å². The molecule has 0 saturated heterocycles. The number of rotatable bonds is 7. The van der Waals surface area contributed by atoms with E-state index in [4.69, 9.17) is 4.74 Å². The zero-order valence-corrected chi connectivity index (χ0v) is 18.1. The SMILES string of the molecule is C=C(C)CN(CC)C(=O)COC(=O)c1c(NC(=O)C(C)(C)C)sc(C)c1C. The van der Waals surface area contributed by atoms with Gasteiger partial charge in [-0.1, -0.05) is 32.9 Å².